The Balaban J connectivity index is 1.33. The first-order valence-corrected chi connectivity index (χ1v) is 14.9. The summed E-state index contributed by atoms with van der Waals surface area (Å²) in [5.41, 5.74) is 1.63. The van der Waals surface area contributed by atoms with E-state index in [0.717, 1.165) is 11.1 Å². The molecule has 3 aromatic rings. The van der Waals surface area contributed by atoms with Gasteiger partial charge in [-0.15, -0.1) is 23.4 Å². The molecule has 3 aromatic carbocycles. The fraction of sp³-hybridized carbons (Fsp3) is 0.276. The molecule has 0 radical (unpaired) electrons. The van der Waals surface area contributed by atoms with E-state index in [1.807, 2.05) is 66.7 Å². The molecule has 10 heteroatoms. The highest BCUT2D eigenvalue weighted by atomic mass is 79.9. The van der Waals surface area contributed by atoms with E-state index in [0.29, 0.717) is 11.1 Å². The minimum atomic E-state index is -0.930. The molecule has 2 aliphatic heterocycles. The van der Waals surface area contributed by atoms with Crippen molar-refractivity contribution in [3.05, 3.63) is 102 Å². The molecule has 2 fully saturated rings. The van der Waals surface area contributed by atoms with Crippen LogP contribution in [0.3, 0.4) is 0 Å². The number of β-lactam (4-membered cyclic amide) rings is 1. The van der Waals surface area contributed by atoms with Crippen LogP contribution >= 0.6 is 39.3 Å². The molecule has 0 aromatic heterocycles. The molecule has 202 valence electrons. The molecule has 0 bridgehead atoms. The van der Waals surface area contributed by atoms with E-state index in [2.05, 4.69) is 21.2 Å². The van der Waals surface area contributed by atoms with E-state index < -0.39 is 40.2 Å². The molecule has 2 heterocycles. The Morgan fingerprint density at radius 1 is 0.974 bits per heavy atom. The monoisotopic (exact) mass is 628 g/mol. The van der Waals surface area contributed by atoms with Gasteiger partial charge in [0, 0.05) is 11.2 Å². The van der Waals surface area contributed by atoms with Crippen LogP contribution in [0, 0.1) is 0 Å². The first-order valence-electron chi connectivity index (χ1n) is 12.4. The number of hydrogen-bond acceptors (Lipinski definition) is 6. The van der Waals surface area contributed by atoms with E-state index in [1.54, 1.807) is 24.3 Å². The van der Waals surface area contributed by atoms with Crippen LogP contribution in [0.4, 0.5) is 0 Å². The lowest BCUT2D eigenvalue weighted by atomic mass is 9.95. The van der Waals surface area contributed by atoms with Gasteiger partial charge in [0.1, 0.15) is 23.2 Å². The zero-order chi connectivity index (χ0) is 27.4. The maximum absolute atomic E-state index is 13.8. The van der Waals surface area contributed by atoms with Gasteiger partial charge < -0.3 is 19.7 Å². The van der Waals surface area contributed by atoms with Crippen molar-refractivity contribution in [1.82, 2.24) is 10.2 Å². The SMILES string of the molecule is O=C(COc1ccccc1)NC1C(=O)N2C1SC(CCl)(CBr)C2C(=O)OC(c1ccccc1)c1ccccc1. The molecule has 4 unspecified atom stereocenters. The molecule has 2 amide bonds. The molecule has 0 spiro atoms. The zero-order valence-electron chi connectivity index (χ0n) is 20.7. The number of hydrogen-bond donors (Lipinski definition) is 1. The normalized spacial score (nSPS) is 23.6. The van der Waals surface area contributed by atoms with Gasteiger partial charge in [0.25, 0.3) is 5.91 Å². The number of nitrogens with zero attached hydrogens (tertiary/aromatic N) is 1. The number of alkyl halides is 2. The second-order valence-corrected chi connectivity index (χ2v) is 11.6. The summed E-state index contributed by atoms with van der Waals surface area (Å²) in [5.74, 6) is -0.673. The minimum absolute atomic E-state index is 0.0993. The predicted molar refractivity (Wildman–Crippen MR) is 154 cm³/mol. The number of carbonyl (C=O) groups excluding carboxylic acids is 3. The number of fused-ring (bicyclic) bond motifs is 1. The summed E-state index contributed by atoms with van der Waals surface area (Å²) >= 11 is 11.4. The van der Waals surface area contributed by atoms with E-state index in [4.69, 9.17) is 21.1 Å². The second-order valence-electron chi connectivity index (χ2n) is 9.27. The van der Waals surface area contributed by atoms with Gasteiger partial charge in [0.05, 0.1) is 4.75 Å². The van der Waals surface area contributed by atoms with Gasteiger partial charge in [-0.3, -0.25) is 9.59 Å². The van der Waals surface area contributed by atoms with E-state index >= 15 is 0 Å². The minimum Gasteiger partial charge on any atom is -0.484 e. The number of carbonyl (C=O) groups is 3. The van der Waals surface area contributed by atoms with E-state index in [9.17, 15) is 14.4 Å². The largest absolute Gasteiger partial charge is 0.484 e. The fourth-order valence-corrected chi connectivity index (χ4v) is 7.96. The third-order valence-corrected chi connectivity index (χ3v) is 10.5. The van der Waals surface area contributed by atoms with E-state index in [-0.39, 0.29) is 18.4 Å². The Morgan fingerprint density at radius 3 is 2.08 bits per heavy atom. The third kappa shape index (κ3) is 5.53. The molecule has 0 saturated carbocycles. The van der Waals surface area contributed by atoms with Gasteiger partial charge in [-0.05, 0) is 23.3 Å². The van der Waals surface area contributed by atoms with Crippen LogP contribution in [0.15, 0.2) is 91.0 Å². The Hall–Kier alpha value is -3.01. The summed E-state index contributed by atoms with van der Waals surface area (Å²) in [7, 11) is 0. The van der Waals surface area contributed by atoms with Crippen LogP contribution in [0.1, 0.15) is 17.2 Å². The first kappa shape index (κ1) is 27.6. The maximum Gasteiger partial charge on any atom is 0.331 e. The molecule has 39 heavy (non-hydrogen) atoms. The highest BCUT2D eigenvalue weighted by Gasteiger charge is 2.67. The summed E-state index contributed by atoms with van der Waals surface area (Å²) in [4.78, 5) is 41.2. The molecule has 1 N–H and O–H groups in total. The van der Waals surface area contributed by atoms with Gasteiger partial charge in [-0.25, -0.2) is 4.79 Å². The Kier molecular flexibility index (Phi) is 8.49. The first-order chi connectivity index (χ1) is 19.0. The van der Waals surface area contributed by atoms with Crippen molar-refractivity contribution in [2.75, 3.05) is 17.8 Å². The summed E-state index contributed by atoms with van der Waals surface area (Å²) in [6.45, 7) is -0.231. The maximum atomic E-state index is 13.8. The van der Waals surface area contributed by atoms with Crippen LogP contribution in [0.2, 0.25) is 0 Å². The second kappa shape index (κ2) is 12.0. The van der Waals surface area contributed by atoms with Crippen molar-refractivity contribution in [3.63, 3.8) is 0 Å². The summed E-state index contributed by atoms with van der Waals surface area (Å²) in [5, 5.41) is 2.65. The lowest BCUT2D eigenvalue weighted by molar-refractivity contribution is -0.166. The van der Waals surface area contributed by atoms with Crippen molar-refractivity contribution in [2.24, 2.45) is 0 Å². The number of esters is 1. The summed E-state index contributed by atoms with van der Waals surface area (Å²) in [6.07, 6.45) is -0.658. The number of benzene rings is 3. The number of para-hydroxylation sites is 1. The quantitative estimate of drug-likeness (QED) is 0.202. The zero-order valence-corrected chi connectivity index (χ0v) is 23.9. The third-order valence-electron chi connectivity index (χ3n) is 6.76. The van der Waals surface area contributed by atoms with Gasteiger partial charge in [-0.1, -0.05) is 94.8 Å². The lowest BCUT2D eigenvalue weighted by Crippen LogP contribution is -2.71. The van der Waals surface area contributed by atoms with Crippen LogP contribution in [-0.4, -0.2) is 62.7 Å². The Bertz CT molecular complexity index is 1270. The van der Waals surface area contributed by atoms with Crippen LogP contribution < -0.4 is 10.1 Å². The van der Waals surface area contributed by atoms with Gasteiger partial charge in [0.2, 0.25) is 5.91 Å². The lowest BCUT2D eigenvalue weighted by Gasteiger charge is -2.44. The molecule has 4 atom stereocenters. The van der Waals surface area contributed by atoms with Crippen molar-refractivity contribution >= 4 is 57.1 Å². The number of ether oxygens (including phenoxy) is 2. The van der Waals surface area contributed by atoms with Gasteiger partial charge in [-0.2, -0.15) is 0 Å². The number of halogens is 2. The fourth-order valence-electron chi connectivity index (χ4n) is 4.80. The van der Waals surface area contributed by atoms with Crippen LogP contribution in [0.25, 0.3) is 0 Å². The van der Waals surface area contributed by atoms with Gasteiger partial charge >= 0.3 is 5.97 Å². The standard InChI is InChI=1S/C29H26BrClN2O5S/c30-17-29(18-31)25(28(36)38-24(19-10-4-1-5-11-19)20-12-6-2-7-13-20)33-26(35)23(27(33)39-29)32-22(34)16-37-21-14-8-3-9-15-21/h1-15,23-25,27H,16-18H2,(H,32,34). The average Bonchev–Trinajstić information content (AvgIpc) is 3.31. The predicted octanol–water partition coefficient (Wildman–Crippen LogP) is 4.54. The molecule has 2 aliphatic rings. The Labute approximate surface area is 244 Å². The highest BCUT2D eigenvalue weighted by molar-refractivity contribution is 9.09. The molecule has 0 aliphatic carbocycles. The van der Waals surface area contributed by atoms with Crippen molar-refractivity contribution in [2.45, 2.75) is 28.3 Å². The number of rotatable bonds is 10. The van der Waals surface area contributed by atoms with Crippen molar-refractivity contribution < 1.29 is 23.9 Å². The molecular formula is C29H26BrClN2O5S. The van der Waals surface area contributed by atoms with E-state index in [1.165, 1.54) is 16.7 Å². The molecule has 2 saturated heterocycles. The number of amides is 2. The number of nitrogens with one attached hydrogen (secondary N) is 1. The summed E-state index contributed by atoms with van der Waals surface area (Å²) in [6, 6.07) is 26.2. The highest BCUT2D eigenvalue weighted by Crippen LogP contribution is 2.53. The van der Waals surface area contributed by atoms with Crippen molar-refractivity contribution in [3.8, 4) is 5.75 Å². The average molecular weight is 630 g/mol. The molecular weight excluding hydrogens is 604 g/mol. The topological polar surface area (TPSA) is 84.9 Å². The smallest absolute Gasteiger partial charge is 0.331 e. The molecule has 5 rings (SSSR count). The van der Waals surface area contributed by atoms with Crippen LogP contribution in [-0.2, 0) is 19.1 Å². The van der Waals surface area contributed by atoms with Gasteiger partial charge in [0.15, 0.2) is 12.7 Å². The molecule has 7 nitrogen and oxygen atoms in total. The van der Waals surface area contributed by atoms with Crippen LogP contribution in [0.5, 0.6) is 5.75 Å². The summed E-state index contributed by atoms with van der Waals surface area (Å²) < 4.78 is 10.8. The van der Waals surface area contributed by atoms with Crippen molar-refractivity contribution in [1.29, 1.82) is 0 Å². The Morgan fingerprint density at radius 2 is 1.54 bits per heavy atom. The number of thioether (sulfide) groups is 1.